The molecule has 0 aliphatic carbocycles. The summed E-state index contributed by atoms with van der Waals surface area (Å²) in [7, 11) is 4.18. The van der Waals surface area contributed by atoms with Gasteiger partial charge in [-0.2, -0.15) is 0 Å². The van der Waals surface area contributed by atoms with Gasteiger partial charge in [-0.15, -0.1) is 0 Å². The van der Waals surface area contributed by atoms with Gasteiger partial charge in [-0.1, -0.05) is 12.1 Å². The molecule has 1 aliphatic rings. The fourth-order valence-corrected chi connectivity index (χ4v) is 2.81. The summed E-state index contributed by atoms with van der Waals surface area (Å²) in [6.07, 6.45) is 1.42. The molecule has 1 saturated heterocycles. The van der Waals surface area contributed by atoms with Crippen molar-refractivity contribution < 1.29 is 9.50 Å². The Labute approximate surface area is 114 Å². The van der Waals surface area contributed by atoms with Gasteiger partial charge in [0, 0.05) is 24.7 Å². The van der Waals surface area contributed by atoms with Gasteiger partial charge in [0.2, 0.25) is 0 Å². The Bertz CT molecular complexity index is 426. The minimum atomic E-state index is -0.641. The highest BCUT2D eigenvalue weighted by Crippen LogP contribution is 2.31. The van der Waals surface area contributed by atoms with Gasteiger partial charge >= 0.3 is 0 Å². The predicted molar refractivity (Wildman–Crippen MR) is 76.0 cm³/mol. The van der Waals surface area contributed by atoms with Crippen molar-refractivity contribution in [2.45, 2.75) is 31.9 Å². The topological polar surface area (TPSA) is 26.7 Å². The van der Waals surface area contributed by atoms with Gasteiger partial charge in [0.25, 0.3) is 0 Å². The van der Waals surface area contributed by atoms with E-state index in [0.717, 1.165) is 25.9 Å². The zero-order chi connectivity index (χ0) is 14.0. The normalized spacial score (nSPS) is 18.9. The Hall–Kier alpha value is -1.13. The smallest absolute Gasteiger partial charge is 0.146 e. The van der Waals surface area contributed by atoms with Crippen LogP contribution >= 0.6 is 0 Å². The molecule has 1 aliphatic heterocycles. The molecule has 0 unspecified atom stereocenters. The zero-order valence-corrected chi connectivity index (χ0v) is 11.9. The highest BCUT2D eigenvalue weighted by molar-refractivity contribution is 5.56. The molecule has 1 atom stereocenters. The lowest BCUT2D eigenvalue weighted by molar-refractivity contribution is 0.198. The van der Waals surface area contributed by atoms with Crippen molar-refractivity contribution in [1.82, 2.24) is 4.90 Å². The second-order valence-electron chi connectivity index (χ2n) is 5.54. The number of rotatable bonds is 3. The number of hydrogen-bond acceptors (Lipinski definition) is 3. The molecular formula is C15H23FN2O. The fourth-order valence-electron chi connectivity index (χ4n) is 2.81. The van der Waals surface area contributed by atoms with Crippen molar-refractivity contribution in [3.8, 4) is 0 Å². The van der Waals surface area contributed by atoms with E-state index in [4.69, 9.17) is 0 Å². The predicted octanol–water partition coefficient (Wildman–Crippen LogP) is 2.41. The lowest BCUT2D eigenvalue weighted by atomic mass is 10.0. The molecule has 0 spiro atoms. The molecule has 4 heteroatoms. The average Bonchev–Trinajstić information content (AvgIpc) is 2.38. The minimum absolute atomic E-state index is 0.235. The number of para-hydroxylation sites is 1. The molecule has 0 radical (unpaired) electrons. The van der Waals surface area contributed by atoms with E-state index in [1.165, 1.54) is 6.07 Å². The van der Waals surface area contributed by atoms with Crippen molar-refractivity contribution in [2.75, 3.05) is 32.1 Å². The summed E-state index contributed by atoms with van der Waals surface area (Å²) in [6, 6.07) is 5.51. The van der Waals surface area contributed by atoms with Crippen molar-refractivity contribution in [1.29, 1.82) is 0 Å². The van der Waals surface area contributed by atoms with Crippen LogP contribution in [0.15, 0.2) is 18.2 Å². The summed E-state index contributed by atoms with van der Waals surface area (Å²) in [5.41, 5.74) is 1.26. The van der Waals surface area contributed by atoms with Crippen molar-refractivity contribution >= 4 is 5.69 Å². The van der Waals surface area contributed by atoms with Gasteiger partial charge in [-0.3, -0.25) is 0 Å². The summed E-state index contributed by atoms with van der Waals surface area (Å²) in [5, 5.41) is 9.80. The van der Waals surface area contributed by atoms with E-state index in [9.17, 15) is 9.50 Å². The Kier molecular flexibility index (Phi) is 4.42. The monoisotopic (exact) mass is 266 g/mol. The van der Waals surface area contributed by atoms with E-state index in [1.807, 2.05) is 0 Å². The van der Waals surface area contributed by atoms with E-state index in [1.54, 1.807) is 19.1 Å². The number of aliphatic hydroxyl groups excluding tert-OH is 1. The van der Waals surface area contributed by atoms with Crippen LogP contribution in [0.1, 0.15) is 31.4 Å². The fraction of sp³-hybridized carbons (Fsp3) is 0.600. The van der Waals surface area contributed by atoms with E-state index in [2.05, 4.69) is 23.9 Å². The summed E-state index contributed by atoms with van der Waals surface area (Å²) in [4.78, 5) is 4.30. The first-order chi connectivity index (χ1) is 9.00. The Morgan fingerprint density at radius 2 is 1.95 bits per heavy atom. The third-order valence-corrected chi connectivity index (χ3v) is 3.98. The number of aliphatic hydroxyl groups is 1. The van der Waals surface area contributed by atoms with Crippen molar-refractivity contribution in [3.05, 3.63) is 29.6 Å². The number of halogens is 1. The van der Waals surface area contributed by atoms with Crippen LogP contribution in [0.3, 0.4) is 0 Å². The molecule has 0 amide bonds. The molecule has 19 heavy (non-hydrogen) atoms. The van der Waals surface area contributed by atoms with E-state index >= 15 is 0 Å². The van der Waals surface area contributed by atoms with Crippen molar-refractivity contribution in [3.63, 3.8) is 0 Å². The highest BCUT2D eigenvalue weighted by atomic mass is 19.1. The van der Waals surface area contributed by atoms with Crippen LogP contribution in [0.25, 0.3) is 0 Å². The largest absolute Gasteiger partial charge is 0.389 e. The molecular weight excluding hydrogens is 243 g/mol. The molecule has 1 heterocycles. The van der Waals surface area contributed by atoms with E-state index in [-0.39, 0.29) is 5.82 Å². The first-order valence-electron chi connectivity index (χ1n) is 6.88. The summed E-state index contributed by atoms with van der Waals surface area (Å²) in [5.74, 6) is -0.235. The van der Waals surface area contributed by atoms with Gasteiger partial charge in [-0.25, -0.2) is 4.39 Å². The molecule has 1 aromatic carbocycles. The van der Waals surface area contributed by atoms with Gasteiger partial charge in [0.15, 0.2) is 0 Å². The van der Waals surface area contributed by atoms with Crippen LogP contribution in [-0.4, -0.2) is 43.2 Å². The van der Waals surface area contributed by atoms with E-state index < -0.39 is 6.10 Å². The molecule has 106 valence electrons. The lowest BCUT2D eigenvalue weighted by Crippen LogP contribution is -2.42. The standard InChI is InChI=1S/C15H23FN2O/c1-11(19)13-5-4-6-14(16)15(13)18-9-7-12(8-10-18)17(2)3/h4-6,11-12,19H,7-10H2,1-3H3/t11-/m0/s1. The quantitative estimate of drug-likeness (QED) is 0.910. The Balaban J connectivity index is 2.19. The molecule has 0 saturated carbocycles. The molecule has 3 nitrogen and oxygen atoms in total. The van der Waals surface area contributed by atoms with Gasteiger partial charge < -0.3 is 14.9 Å². The van der Waals surface area contributed by atoms with Crippen molar-refractivity contribution in [2.24, 2.45) is 0 Å². The second-order valence-corrected chi connectivity index (χ2v) is 5.54. The second kappa shape index (κ2) is 5.88. The van der Waals surface area contributed by atoms with Crippen LogP contribution in [0.2, 0.25) is 0 Å². The lowest BCUT2D eigenvalue weighted by Gasteiger charge is -2.37. The molecule has 1 fully saturated rings. The zero-order valence-electron chi connectivity index (χ0n) is 11.9. The number of anilines is 1. The molecule has 1 aromatic rings. The number of benzene rings is 1. The first kappa shape index (κ1) is 14.3. The summed E-state index contributed by atoms with van der Waals surface area (Å²) in [6.45, 7) is 3.36. The van der Waals surface area contributed by atoms with Gasteiger partial charge in [0.05, 0.1) is 11.8 Å². The minimum Gasteiger partial charge on any atom is -0.389 e. The summed E-state index contributed by atoms with van der Waals surface area (Å²) < 4.78 is 14.1. The molecule has 2 rings (SSSR count). The van der Waals surface area contributed by atoms with E-state index in [0.29, 0.717) is 17.3 Å². The van der Waals surface area contributed by atoms with Gasteiger partial charge in [0.1, 0.15) is 5.82 Å². The Morgan fingerprint density at radius 1 is 1.32 bits per heavy atom. The maximum atomic E-state index is 14.1. The summed E-state index contributed by atoms with van der Waals surface area (Å²) >= 11 is 0. The maximum absolute atomic E-state index is 14.1. The number of hydrogen-bond donors (Lipinski definition) is 1. The van der Waals surface area contributed by atoms with Crippen LogP contribution < -0.4 is 4.90 Å². The maximum Gasteiger partial charge on any atom is 0.146 e. The molecule has 0 aromatic heterocycles. The molecule has 0 bridgehead atoms. The Morgan fingerprint density at radius 3 is 2.47 bits per heavy atom. The SMILES string of the molecule is C[C@H](O)c1cccc(F)c1N1CCC(N(C)C)CC1. The van der Waals surface area contributed by atoms with Crippen LogP contribution in [-0.2, 0) is 0 Å². The first-order valence-corrected chi connectivity index (χ1v) is 6.88. The third kappa shape index (κ3) is 3.07. The highest BCUT2D eigenvalue weighted by Gasteiger charge is 2.25. The third-order valence-electron chi connectivity index (χ3n) is 3.98. The van der Waals surface area contributed by atoms with Crippen LogP contribution in [0.5, 0.6) is 0 Å². The number of piperidine rings is 1. The number of nitrogens with zero attached hydrogens (tertiary/aromatic N) is 2. The molecule has 1 N–H and O–H groups in total. The van der Waals surface area contributed by atoms with Crippen LogP contribution in [0.4, 0.5) is 10.1 Å². The van der Waals surface area contributed by atoms with Gasteiger partial charge in [-0.05, 0) is 39.9 Å². The van der Waals surface area contributed by atoms with Crippen LogP contribution in [0, 0.1) is 5.82 Å². The average molecular weight is 266 g/mol.